The van der Waals surface area contributed by atoms with Crippen molar-refractivity contribution in [3.8, 4) is 0 Å². The topological polar surface area (TPSA) is 74.6 Å². The van der Waals surface area contributed by atoms with Crippen molar-refractivity contribution < 1.29 is 18.1 Å². The monoisotopic (exact) mass is 216 g/mol. The van der Waals surface area contributed by atoms with Crippen molar-refractivity contribution in [2.45, 2.75) is 18.3 Å². The molecular formula is C9H12O4S. The predicted octanol–water partition coefficient (Wildman–Crippen LogP) is 0.825. The molecular weight excluding hydrogens is 204 g/mol. The summed E-state index contributed by atoms with van der Waals surface area (Å²) in [5.41, 5.74) is -0.766. The van der Waals surface area contributed by atoms with E-state index in [1.807, 2.05) is 30.3 Å². The predicted molar refractivity (Wildman–Crippen MR) is 52.3 cm³/mol. The summed E-state index contributed by atoms with van der Waals surface area (Å²) in [6.45, 7) is 0. The second kappa shape index (κ2) is 4.54. The van der Waals surface area contributed by atoms with E-state index in [1.54, 1.807) is 0 Å². The van der Waals surface area contributed by atoms with E-state index in [9.17, 15) is 8.42 Å². The van der Waals surface area contributed by atoms with Crippen molar-refractivity contribution in [2.24, 2.45) is 0 Å². The lowest BCUT2D eigenvalue weighted by Crippen LogP contribution is -2.20. The van der Waals surface area contributed by atoms with Gasteiger partial charge in [0.05, 0.1) is 0 Å². The van der Waals surface area contributed by atoms with Crippen LogP contribution in [-0.2, 0) is 16.5 Å². The van der Waals surface area contributed by atoms with Gasteiger partial charge in [-0.05, 0) is 18.4 Å². The second-order valence-corrected chi connectivity index (χ2v) is 4.57. The fraction of sp³-hybridized carbons (Fsp3) is 0.333. The molecule has 4 nitrogen and oxygen atoms in total. The van der Waals surface area contributed by atoms with Gasteiger partial charge < -0.3 is 5.11 Å². The number of rotatable bonds is 4. The molecule has 0 saturated heterocycles. The van der Waals surface area contributed by atoms with Crippen LogP contribution in [0.15, 0.2) is 30.3 Å². The fourth-order valence-electron chi connectivity index (χ4n) is 1.08. The summed E-state index contributed by atoms with van der Waals surface area (Å²) >= 11 is 0. The minimum Gasteiger partial charge on any atom is -0.375 e. The van der Waals surface area contributed by atoms with E-state index in [0.717, 1.165) is 5.56 Å². The molecule has 0 aliphatic heterocycles. The van der Waals surface area contributed by atoms with Crippen LogP contribution in [0.3, 0.4) is 0 Å². The standard InChI is InChI=1S/C9H12O4S/c10-9(14(11,12)13)7-6-8-4-2-1-3-5-8/h1-5,9-10H,6-7H2,(H,11,12,13). The highest BCUT2D eigenvalue weighted by atomic mass is 32.2. The van der Waals surface area contributed by atoms with Crippen molar-refractivity contribution in [1.82, 2.24) is 0 Å². The smallest absolute Gasteiger partial charge is 0.292 e. The SMILES string of the molecule is O=S(=O)(O)C(O)CCc1ccccc1. The first kappa shape index (κ1) is 11.2. The van der Waals surface area contributed by atoms with E-state index in [2.05, 4.69) is 0 Å². The van der Waals surface area contributed by atoms with Gasteiger partial charge in [-0.1, -0.05) is 30.3 Å². The molecule has 1 aromatic carbocycles. The van der Waals surface area contributed by atoms with E-state index in [4.69, 9.17) is 9.66 Å². The minimum absolute atomic E-state index is 0.00282. The molecule has 1 rings (SSSR count). The average molecular weight is 216 g/mol. The molecule has 14 heavy (non-hydrogen) atoms. The molecule has 0 fully saturated rings. The van der Waals surface area contributed by atoms with Crippen LogP contribution in [0.25, 0.3) is 0 Å². The van der Waals surface area contributed by atoms with E-state index in [-0.39, 0.29) is 6.42 Å². The zero-order valence-corrected chi connectivity index (χ0v) is 8.31. The van der Waals surface area contributed by atoms with Crippen LogP contribution in [0.4, 0.5) is 0 Å². The van der Waals surface area contributed by atoms with Crippen molar-refractivity contribution in [2.75, 3.05) is 0 Å². The summed E-state index contributed by atoms with van der Waals surface area (Å²) in [7, 11) is -4.32. The van der Waals surface area contributed by atoms with Gasteiger partial charge >= 0.3 is 0 Å². The normalized spacial score (nSPS) is 13.9. The van der Waals surface area contributed by atoms with Crippen LogP contribution in [0.2, 0.25) is 0 Å². The van der Waals surface area contributed by atoms with Gasteiger partial charge in [0.1, 0.15) is 0 Å². The Kier molecular flexibility index (Phi) is 3.62. The molecule has 0 aliphatic carbocycles. The average Bonchev–Trinajstić information content (AvgIpc) is 2.14. The molecule has 0 heterocycles. The summed E-state index contributed by atoms with van der Waals surface area (Å²) in [5, 5.41) is 9.01. The molecule has 0 aliphatic rings. The number of aliphatic hydroxyl groups is 1. The lowest BCUT2D eigenvalue weighted by Gasteiger charge is -2.06. The quantitative estimate of drug-likeness (QED) is 0.731. The fourth-order valence-corrected chi connectivity index (χ4v) is 1.50. The maximum Gasteiger partial charge on any atom is 0.292 e. The molecule has 1 atom stereocenters. The first-order valence-electron chi connectivity index (χ1n) is 4.18. The van der Waals surface area contributed by atoms with Crippen LogP contribution in [0, 0.1) is 0 Å². The summed E-state index contributed by atoms with van der Waals surface area (Å²) in [6, 6.07) is 9.17. The van der Waals surface area contributed by atoms with E-state index < -0.39 is 15.6 Å². The van der Waals surface area contributed by atoms with Gasteiger partial charge in [0.25, 0.3) is 10.1 Å². The Labute approximate surface area is 82.9 Å². The molecule has 0 radical (unpaired) electrons. The van der Waals surface area contributed by atoms with Gasteiger partial charge in [-0.2, -0.15) is 8.42 Å². The lowest BCUT2D eigenvalue weighted by atomic mass is 10.1. The molecule has 0 saturated carbocycles. The number of aliphatic hydroxyl groups excluding tert-OH is 1. The van der Waals surface area contributed by atoms with Gasteiger partial charge in [0, 0.05) is 0 Å². The number of aryl methyl sites for hydroxylation is 1. The summed E-state index contributed by atoms with van der Waals surface area (Å²) in [5.74, 6) is 0. The van der Waals surface area contributed by atoms with Crippen molar-refractivity contribution in [3.63, 3.8) is 0 Å². The first-order valence-corrected chi connectivity index (χ1v) is 5.69. The van der Waals surface area contributed by atoms with E-state index >= 15 is 0 Å². The Morgan fingerprint density at radius 3 is 2.29 bits per heavy atom. The zero-order chi connectivity index (χ0) is 10.6. The number of hydrogen-bond donors (Lipinski definition) is 2. The third-order valence-corrected chi connectivity index (χ3v) is 2.79. The van der Waals surface area contributed by atoms with Crippen LogP contribution in [0.1, 0.15) is 12.0 Å². The molecule has 1 aromatic rings. The highest BCUT2D eigenvalue weighted by Crippen LogP contribution is 2.07. The van der Waals surface area contributed by atoms with Crippen molar-refractivity contribution >= 4 is 10.1 Å². The largest absolute Gasteiger partial charge is 0.375 e. The van der Waals surface area contributed by atoms with Gasteiger partial charge in [0.15, 0.2) is 5.44 Å². The van der Waals surface area contributed by atoms with Gasteiger partial charge in [-0.25, -0.2) is 0 Å². The summed E-state index contributed by atoms with van der Waals surface area (Å²) < 4.78 is 29.4. The highest BCUT2D eigenvalue weighted by molar-refractivity contribution is 7.86. The lowest BCUT2D eigenvalue weighted by molar-refractivity contribution is 0.224. The molecule has 0 aromatic heterocycles. The summed E-state index contributed by atoms with van der Waals surface area (Å²) in [6.07, 6.45) is 0.421. The Hall–Kier alpha value is -0.910. The van der Waals surface area contributed by atoms with Gasteiger partial charge in [-0.3, -0.25) is 4.55 Å². The Morgan fingerprint density at radius 1 is 1.21 bits per heavy atom. The maximum absolute atomic E-state index is 10.5. The molecule has 2 N–H and O–H groups in total. The van der Waals surface area contributed by atoms with Crippen LogP contribution >= 0.6 is 0 Å². The van der Waals surface area contributed by atoms with Crippen LogP contribution in [-0.4, -0.2) is 23.5 Å². The van der Waals surface area contributed by atoms with Gasteiger partial charge in [-0.15, -0.1) is 0 Å². The molecule has 5 heteroatoms. The molecule has 0 spiro atoms. The van der Waals surface area contributed by atoms with Crippen molar-refractivity contribution in [1.29, 1.82) is 0 Å². The third kappa shape index (κ3) is 3.45. The second-order valence-electron chi connectivity index (χ2n) is 2.99. The zero-order valence-electron chi connectivity index (χ0n) is 7.50. The Bertz CT molecular complexity index is 371. The van der Waals surface area contributed by atoms with Crippen molar-refractivity contribution in [3.05, 3.63) is 35.9 Å². The number of benzene rings is 1. The first-order chi connectivity index (χ1) is 6.50. The van der Waals surface area contributed by atoms with E-state index in [0.29, 0.717) is 6.42 Å². The third-order valence-electron chi connectivity index (χ3n) is 1.87. The Balaban J connectivity index is 2.50. The molecule has 78 valence electrons. The number of hydrogen-bond acceptors (Lipinski definition) is 3. The van der Waals surface area contributed by atoms with Crippen LogP contribution in [0.5, 0.6) is 0 Å². The van der Waals surface area contributed by atoms with Crippen LogP contribution < -0.4 is 0 Å². The minimum atomic E-state index is -4.32. The highest BCUT2D eigenvalue weighted by Gasteiger charge is 2.18. The van der Waals surface area contributed by atoms with E-state index in [1.165, 1.54) is 0 Å². The summed E-state index contributed by atoms with van der Waals surface area (Å²) in [4.78, 5) is 0. The molecule has 0 bridgehead atoms. The molecule has 0 amide bonds. The Morgan fingerprint density at radius 2 is 1.79 bits per heavy atom. The van der Waals surface area contributed by atoms with Gasteiger partial charge in [0.2, 0.25) is 0 Å². The maximum atomic E-state index is 10.5. The molecule has 1 unspecified atom stereocenters.